The van der Waals surface area contributed by atoms with Crippen molar-refractivity contribution in [2.24, 2.45) is 5.73 Å². The van der Waals surface area contributed by atoms with Crippen molar-refractivity contribution < 1.29 is 8.42 Å². The second-order valence-corrected chi connectivity index (χ2v) is 8.04. The number of fused-ring (bicyclic) bond motifs is 1. The van der Waals surface area contributed by atoms with Crippen molar-refractivity contribution in [1.82, 2.24) is 4.98 Å². The van der Waals surface area contributed by atoms with Gasteiger partial charge in [0.1, 0.15) is 0 Å². The number of aromatic nitrogens is 1. The smallest absolute Gasteiger partial charge is 0.152 e. The molecule has 5 nitrogen and oxygen atoms in total. The second-order valence-electron chi connectivity index (χ2n) is 5.45. The number of anilines is 1. The number of hydrogen-bond donors (Lipinski definition) is 2. The third-order valence-corrected chi connectivity index (χ3v) is 6.04. The summed E-state index contributed by atoms with van der Waals surface area (Å²) in [6, 6.07) is 7.30. The van der Waals surface area contributed by atoms with Gasteiger partial charge in [0.05, 0.1) is 33.3 Å². The first-order chi connectivity index (χ1) is 9.95. The van der Waals surface area contributed by atoms with Crippen LogP contribution < -0.4 is 11.1 Å². The lowest BCUT2D eigenvalue weighted by Crippen LogP contribution is -2.46. The molecule has 0 bridgehead atoms. The molecule has 1 aliphatic rings. The first-order valence-electron chi connectivity index (χ1n) is 6.67. The first-order valence-corrected chi connectivity index (χ1v) is 8.87. The van der Waals surface area contributed by atoms with E-state index in [2.05, 4.69) is 10.3 Å². The molecule has 0 radical (unpaired) electrons. The highest BCUT2D eigenvalue weighted by molar-refractivity contribution is 7.91. The minimum Gasteiger partial charge on any atom is -0.376 e. The Morgan fingerprint density at radius 3 is 2.86 bits per heavy atom. The van der Waals surface area contributed by atoms with Crippen molar-refractivity contribution in [3.05, 3.63) is 35.5 Å². The Hall–Kier alpha value is -1.37. The number of sulfone groups is 1. The van der Waals surface area contributed by atoms with Gasteiger partial charge in [0.15, 0.2) is 9.84 Å². The van der Waals surface area contributed by atoms with E-state index < -0.39 is 15.4 Å². The highest BCUT2D eigenvalue weighted by Crippen LogP contribution is 2.33. The Kier molecular flexibility index (Phi) is 3.55. The highest BCUT2D eigenvalue weighted by Gasteiger charge is 2.41. The molecule has 0 saturated carbocycles. The van der Waals surface area contributed by atoms with E-state index in [4.69, 9.17) is 17.3 Å². The Morgan fingerprint density at radius 2 is 2.19 bits per heavy atom. The number of nitrogens with zero attached hydrogens (tertiary/aromatic N) is 1. The van der Waals surface area contributed by atoms with Crippen LogP contribution in [0.25, 0.3) is 10.9 Å². The van der Waals surface area contributed by atoms with E-state index in [0.29, 0.717) is 11.4 Å². The van der Waals surface area contributed by atoms with Gasteiger partial charge in [-0.3, -0.25) is 4.98 Å². The SMILES string of the molecule is NCC1(Nc2ccc(Cl)c3cccnc23)CCS(=O)(=O)C1. The quantitative estimate of drug-likeness (QED) is 0.899. The first kappa shape index (κ1) is 14.6. The van der Waals surface area contributed by atoms with Crippen molar-refractivity contribution in [2.75, 3.05) is 23.4 Å². The highest BCUT2D eigenvalue weighted by atomic mass is 35.5. The molecule has 1 aromatic heterocycles. The molecule has 21 heavy (non-hydrogen) atoms. The Labute approximate surface area is 128 Å². The Bertz CT molecular complexity index is 794. The fraction of sp³-hybridized carbons (Fsp3) is 0.357. The van der Waals surface area contributed by atoms with Crippen molar-refractivity contribution in [1.29, 1.82) is 0 Å². The van der Waals surface area contributed by atoms with Gasteiger partial charge in [-0.25, -0.2) is 8.42 Å². The minimum absolute atomic E-state index is 0.0491. The van der Waals surface area contributed by atoms with E-state index in [1.807, 2.05) is 18.2 Å². The molecule has 112 valence electrons. The molecular weight excluding hydrogens is 310 g/mol. The number of rotatable bonds is 3. The number of nitrogens with two attached hydrogens (primary N) is 1. The zero-order valence-corrected chi connectivity index (χ0v) is 12.9. The number of hydrogen-bond acceptors (Lipinski definition) is 5. The maximum absolute atomic E-state index is 11.8. The third-order valence-electron chi connectivity index (χ3n) is 3.89. The van der Waals surface area contributed by atoms with E-state index in [0.717, 1.165) is 16.6 Å². The van der Waals surface area contributed by atoms with E-state index in [-0.39, 0.29) is 18.1 Å². The average molecular weight is 326 g/mol. The summed E-state index contributed by atoms with van der Waals surface area (Å²) in [4.78, 5) is 4.35. The van der Waals surface area contributed by atoms with E-state index in [1.165, 1.54) is 0 Å². The lowest BCUT2D eigenvalue weighted by molar-refractivity contribution is 0.534. The molecule has 0 amide bonds. The van der Waals surface area contributed by atoms with Crippen molar-refractivity contribution in [3.63, 3.8) is 0 Å². The van der Waals surface area contributed by atoms with Gasteiger partial charge in [0.2, 0.25) is 0 Å². The van der Waals surface area contributed by atoms with Gasteiger partial charge in [-0.1, -0.05) is 11.6 Å². The van der Waals surface area contributed by atoms with Crippen LogP contribution in [-0.2, 0) is 9.84 Å². The van der Waals surface area contributed by atoms with E-state index >= 15 is 0 Å². The predicted octanol–water partition coefficient (Wildman–Crippen LogP) is 1.82. The molecule has 1 saturated heterocycles. The molecule has 3 rings (SSSR count). The van der Waals surface area contributed by atoms with Crippen molar-refractivity contribution in [3.8, 4) is 0 Å². The van der Waals surface area contributed by atoms with Gasteiger partial charge in [0.25, 0.3) is 0 Å². The summed E-state index contributed by atoms with van der Waals surface area (Å²) < 4.78 is 23.6. The topological polar surface area (TPSA) is 85.1 Å². The molecule has 1 atom stereocenters. The average Bonchev–Trinajstić information content (AvgIpc) is 2.78. The van der Waals surface area contributed by atoms with Crippen LogP contribution in [0.4, 0.5) is 5.69 Å². The molecule has 1 aromatic carbocycles. The van der Waals surface area contributed by atoms with Crippen LogP contribution in [-0.4, -0.2) is 37.0 Å². The van der Waals surface area contributed by atoms with E-state index in [1.54, 1.807) is 12.3 Å². The fourth-order valence-electron chi connectivity index (χ4n) is 2.75. The van der Waals surface area contributed by atoms with Crippen LogP contribution >= 0.6 is 11.6 Å². The molecule has 2 heterocycles. The largest absolute Gasteiger partial charge is 0.376 e. The number of nitrogens with one attached hydrogen (secondary N) is 1. The second kappa shape index (κ2) is 5.12. The van der Waals surface area contributed by atoms with Crippen molar-refractivity contribution >= 4 is 38.0 Å². The van der Waals surface area contributed by atoms with Crippen LogP contribution in [0, 0.1) is 0 Å². The van der Waals surface area contributed by atoms with Crippen LogP contribution in [0.2, 0.25) is 5.02 Å². The van der Waals surface area contributed by atoms with Gasteiger partial charge < -0.3 is 11.1 Å². The molecule has 2 aromatic rings. The van der Waals surface area contributed by atoms with Gasteiger partial charge in [-0.2, -0.15) is 0 Å². The molecule has 1 aliphatic heterocycles. The standard InChI is InChI=1S/C14H16ClN3O2S/c15-11-3-4-12(13-10(11)2-1-6-17-13)18-14(8-16)5-7-21(19,20)9-14/h1-4,6,18H,5,7-9,16H2. The Balaban J connectivity index is 2.04. The Morgan fingerprint density at radius 1 is 1.38 bits per heavy atom. The summed E-state index contributed by atoms with van der Waals surface area (Å²) in [7, 11) is -3.04. The van der Waals surface area contributed by atoms with Gasteiger partial charge in [0, 0.05) is 18.1 Å². The van der Waals surface area contributed by atoms with Crippen molar-refractivity contribution in [2.45, 2.75) is 12.0 Å². The zero-order chi connectivity index (χ0) is 15.1. The normalized spacial score (nSPS) is 24.3. The summed E-state index contributed by atoms with van der Waals surface area (Å²) >= 11 is 6.17. The molecule has 3 N–H and O–H groups in total. The lowest BCUT2D eigenvalue weighted by atomic mass is 9.98. The summed E-state index contributed by atoms with van der Waals surface area (Å²) in [5.74, 6) is 0.212. The molecule has 7 heteroatoms. The minimum atomic E-state index is -3.04. The van der Waals surface area contributed by atoms with Gasteiger partial charge in [-0.05, 0) is 30.7 Å². The molecule has 1 fully saturated rings. The van der Waals surface area contributed by atoms with Crippen LogP contribution in [0.3, 0.4) is 0 Å². The maximum Gasteiger partial charge on any atom is 0.152 e. The van der Waals surface area contributed by atoms with Gasteiger partial charge >= 0.3 is 0 Å². The molecule has 0 spiro atoms. The number of halogens is 1. The summed E-state index contributed by atoms with van der Waals surface area (Å²) in [6.45, 7) is 0.253. The summed E-state index contributed by atoms with van der Waals surface area (Å²) in [5, 5.41) is 4.75. The predicted molar refractivity (Wildman–Crippen MR) is 85.4 cm³/mol. The van der Waals surface area contributed by atoms with Gasteiger partial charge in [-0.15, -0.1) is 0 Å². The maximum atomic E-state index is 11.8. The molecule has 1 unspecified atom stereocenters. The molecule has 0 aliphatic carbocycles. The van der Waals surface area contributed by atoms with Crippen LogP contribution in [0.5, 0.6) is 0 Å². The number of benzene rings is 1. The third kappa shape index (κ3) is 2.71. The zero-order valence-electron chi connectivity index (χ0n) is 11.3. The summed E-state index contributed by atoms with van der Waals surface area (Å²) in [5.41, 5.74) is 6.70. The van der Waals surface area contributed by atoms with Crippen LogP contribution in [0.15, 0.2) is 30.5 Å². The lowest BCUT2D eigenvalue weighted by Gasteiger charge is -2.29. The number of pyridine rings is 1. The monoisotopic (exact) mass is 325 g/mol. The van der Waals surface area contributed by atoms with Crippen LogP contribution in [0.1, 0.15) is 6.42 Å². The fourth-order valence-corrected chi connectivity index (χ4v) is 4.99. The molecular formula is C14H16ClN3O2S. The van der Waals surface area contributed by atoms with E-state index in [9.17, 15) is 8.42 Å². The summed E-state index contributed by atoms with van der Waals surface area (Å²) in [6.07, 6.45) is 2.19.